The van der Waals surface area contributed by atoms with Crippen LogP contribution in [0.5, 0.6) is 23.0 Å². The van der Waals surface area contributed by atoms with Crippen LogP contribution in [0.15, 0.2) is 72.8 Å². The number of benzene rings is 3. The van der Waals surface area contributed by atoms with Crippen LogP contribution < -0.4 is 19.1 Å². The van der Waals surface area contributed by atoms with E-state index in [-0.39, 0.29) is 24.4 Å². The number of ketones is 1. The van der Waals surface area contributed by atoms with E-state index >= 15 is 0 Å². The third kappa shape index (κ3) is 4.83. The summed E-state index contributed by atoms with van der Waals surface area (Å²) < 4.78 is 52.3. The van der Waals surface area contributed by atoms with Crippen molar-refractivity contribution in [1.29, 1.82) is 0 Å². The molecule has 0 atom stereocenters. The van der Waals surface area contributed by atoms with Crippen LogP contribution in [0, 0.1) is 0 Å². The molecule has 0 radical (unpaired) electrons. The summed E-state index contributed by atoms with van der Waals surface area (Å²) in [5.41, 5.74) is 0.0731. The molecule has 0 aliphatic carbocycles. The number of amides is 1. The van der Waals surface area contributed by atoms with Crippen molar-refractivity contribution in [2.24, 2.45) is 0 Å². The fraction of sp³-hybridized carbons (Fsp3) is 0.130. The van der Waals surface area contributed by atoms with E-state index in [9.17, 15) is 22.8 Å². The summed E-state index contributed by atoms with van der Waals surface area (Å²) >= 11 is 0. The van der Waals surface area contributed by atoms with Crippen LogP contribution >= 0.6 is 0 Å². The molecule has 9 heteroatoms. The predicted molar refractivity (Wildman–Crippen MR) is 108 cm³/mol. The molecule has 0 saturated carbocycles. The number of hydrogen-bond donors (Lipinski definition) is 0. The summed E-state index contributed by atoms with van der Waals surface area (Å²) in [6.07, 6.45) is -4.89. The van der Waals surface area contributed by atoms with Crippen molar-refractivity contribution in [3.63, 3.8) is 0 Å². The number of alkyl halides is 3. The van der Waals surface area contributed by atoms with Gasteiger partial charge in [-0.15, -0.1) is 13.2 Å². The van der Waals surface area contributed by atoms with Gasteiger partial charge in [-0.25, -0.2) is 0 Å². The largest absolute Gasteiger partial charge is 0.573 e. The average Bonchev–Trinajstić information content (AvgIpc) is 2.99. The van der Waals surface area contributed by atoms with E-state index in [0.29, 0.717) is 17.2 Å². The van der Waals surface area contributed by atoms with Gasteiger partial charge in [0.1, 0.15) is 29.6 Å². The smallest absolute Gasteiger partial charge is 0.492 e. The van der Waals surface area contributed by atoms with Crippen molar-refractivity contribution in [1.82, 2.24) is 0 Å². The van der Waals surface area contributed by atoms with E-state index in [1.54, 1.807) is 24.3 Å². The van der Waals surface area contributed by atoms with Crippen molar-refractivity contribution >= 4 is 17.4 Å². The zero-order valence-electron chi connectivity index (χ0n) is 16.5. The van der Waals surface area contributed by atoms with E-state index < -0.39 is 23.8 Å². The van der Waals surface area contributed by atoms with Crippen LogP contribution in [0.25, 0.3) is 0 Å². The van der Waals surface area contributed by atoms with Crippen molar-refractivity contribution < 1.29 is 37.0 Å². The van der Waals surface area contributed by atoms with Crippen LogP contribution in [-0.4, -0.2) is 31.2 Å². The highest BCUT2D eigenvalue weighted by Crippen LogP contribution is 2.34. The number of fused-ring (bicyclic) bond motifs is 1. The summed E-state index contributed by atoms with van der Waals surface area (Å²) in [6, 6.07) is 19.3. The Labute approximate surface area is 180 Å². The molecule has 3 aromatic rings. The molecule has 0 unspecified atom stereocenters. The van der Waals surface area contributed by atoms with E-state index in [1.165, 1.54) is 11.0 Å². The van der Waals surface area contributed by atoms with Gasteiger partial charge in [0.05, 0.1) is 17.8 Å². The molecule has 0 bridgehead atoms. The van der Waals surface area contributed by atoms with Gasteiger partial charge in [0.25, 0.3) is 11.7 Å². The third-order valence-electron chi connectivity index (χ3n) is 4.56. The lowest BCUT2D eigenvalue weighted by Crippen LogP contribution is -2.33. The van der Waals surface area contributed by atoms with Gasteiger partial charge in [-0.2, -0.15) is 0 Å². The fourth-order valence-electron chi connectivity index (χ4n) is 3.18. The first-order valence-corrected chi connectivity index (χ1v) is 9.52. The number of nitrogens with zero attached hydrogens (tertiary/aromatic N) is 1. The van der Waals surface area contributed by atoms with Gasteiger partial charge < -0.3 is 19.1 Å². The number of rotatable bonds is 7. The summed E-state index contributed by atoms with van der Waals surface area (Å²) in [4.78, 5) is 25.6. The number of anilines is 1. The van der Waals surface area contributed by atoms with E-state index in [1.807, 2.05) is 30.3 Å². The minimum absolute atomic E-state index is 0.0410. The molecule has 0 N–H and O–H groups in total. The maximum Gasteiger partial charge on any atom is 0.573 e. The molecule has 0 spiro atoms. The monoisotopic (exact) mass is 443 g/mol. The standard InChI is InChI=1S/C23H16F3NO5/c24-23(25,26)32-18-10-11-20-19(14-18)21(28)22(29)27(20)12-13-30-15-6-8-17(9-7-15)31-16-4-2-1-3-5-16/h1-11,14H,12-13H2. The quantitative estimate of drug-likeness (QED) is 0.482. The summed E-state index contributed by atoms with van der Waals surface area (Å²) in [7, 11) is 0. The Morgan fingerprint density at radius 1 is 0.781 bits per heavy atom. The minimum Gasteiger partial charge on any atom is -0.492 e. The van der Waals surface area contributed by atoms with Crippen molar-refractivity contribution in [3.05, 3.63) is 78.4 Å². The van der Waals surface area contributed by atoms with Gasteiger partial charge in [0.2, 0.25) is 0 Å². The highest BCUT2D eigenvalue weighted by molar-refractivity contribution is 6.52. The number of halogens is 3. The van der Waals surface area contributed by atoms with Gasteiger partial charge in [-0.1, -0.05) is 18.2 Å². The third-order valence-corrected chi connectivity index (χ3v) is 4.56. The number of hydrogen-bond acceptors (Lipinski definition) is 5. The van der Waals surface area contributed by atoms with Crippen LogP contribution in [0.1, 0.15) is 10.4 Å². The lowest BCUT2D eigenvalue weighted by molar-refractivity contribution is -0.274. The van der Waals surface area contributed by atoms with Crippen molar-refractivity contribution in [3.8, 4) is 23.0 Å². The Morgan fingerprint density at radius 3 is 2.09 bits per heavy atom. The zero-order valence-corrected chi connectivity index (χ0v) is 16.5. The second-order valence-corrected chi connectivity index (χ2v) is 6.75. The van der Waals surface area contributed by atoms with Crippen molar-refractivity contribution in [2.45, 2.75) is 6.36 Å². The fourth-order valence-corrected chi connectivity index (χ4v) is 3.18. The first-order valence-electron chi connectivity index (χ1n) is 9.52. The molecular weight excluding hydrogens is 427 g/mol. The minimum atomic E-state index is -4.89. The molecule has 164 valence electrons. The highest BCUT2D eigenvalue weighted by atomic mass is 19.4. The van der Waals surface area contributed by atoms with Gasteiger partial charge in [0, 0.05) is 0 Å². The Balaban J connectivity index is 1.36. The van der Waals surface area contributed by atoms with E-state index in [2.05, 4.69) is 4.74 Å². The zero-order chi connectivity index (χ0) is 22.7. The Bertz CT molecular complexity index is 1130. The summed E-state index contributed by atoms with van der Waals surface area (Å²) in [6.45, 7) is 0.109. The highest BCUT2D eigenvalue weighted by Gasteiger charge is 2.37. The number of ether oxygens (including phenoxy) is 3. The van der Waals surface area contributed by atoms with Crippen LogP contribution in [0.4, 0.5) is 18.9 Å². The molecule has 0 aromatic heterocycles. The first kappa shape index (κ1) is 21.2. The molecular formula is C23H16F3NO5. The van der Waals surface area contributed by atoms with E-state index in [4.69, 9.17) is 9.47 Å². The Morgan fingerprint density at radius 2 is 1.41 bits per heavy atom. The second kappa shape index (κ2) is 8.62. The van der Waals surface area contributed by atoms with Gasteiger partial charge in [-0.3, -0.25) is 9.59 Å². The van der Waals surface area contributed by atoms with Crippen molar-refractivity contribution in [2.75, 3.05) is 18.1 Å². The van der Waals surface area contributed by atoms with Crippen LogP contribution in [0.2, 0.25) is 0 Å². The predicted octanol–water partition coefficient (Wildman–Crippen LogP) is 4.99. The SMILES string of the molecule is O=C1C(=O)N(CCOc2ccc(Oc3ccccc3)cc2)c2ccc(OC(F)(F)F)cc21. The molecule has 32 heavy (non-hydrogen) atoms. The van der Waals surface area contributed by atoms with Crippen LogP contribution in [0.3, 0.4) is 0 Å². The molecule has 4 rings (SSSR count). The van der Waals surface area contributed by atoms with Gasteiger partial charge in [-0.05, 0) is 54.6 Å². The summed E-state index contributed by atoms with van der Waals surface area (Å²) in [5, 5.41) is 0. The average molecular weight is 443 g/mol. The van der Waals surface area contributed by atoms with Crippen LogP contribution in [-0.2, 0) is 4.79 Å². The molecule has 0 saturated heterocycles. The summed E-state index contributed by atoms with van der Waals surface area (Å²) in [5.74, 6) is -0.448. The number of carbonyl (C=O) groups is 2. The second-order valence-electron chi connectivity index (χ2n) is 6.75. The van der Waals surface area contributed by atoms with Gasteiger partial charge in [0.15, 0.2) is 0 Å². The lowest BCUT2D eigenvalue weighted by Gasteiger charge is -2.17. The molecule has 1 aliphatic heterocycles. The maximum absolute atomic E-state index is 12.4. The molecule has 1 heterocycles. The Kier molecular flexibility index (Phi) is 5.72. The molecule has 6 nitrogen and oxygen atoms in total. The van der Waals surface area contributed by atoms with E-state index in [0.717, 1.165) is 12.1 Å². The molecule has 1 amide bonds. The number of carbonyl (C=O) groups excluding carboxylic acids is 2. The normalized spacial score (nSPS) is 13.2. The number of para-hydroxylation sites is 1. The maximum atomic E-state index is 12.4. The topological polar surface area (TPSA) is 65.1 Å². The van der Waals surface area contributed by atoms with Gasteiger partial charge >= 0.3 is 6.36 Å². The first-order chi connectivity index (χ1) is 15.3. The molecule has 1 aliphatic rings. The number of Topliss-reactive ketones (excluding diaryl/α,β-unsaturated/α-hetero) is 1. The molecule has 3 aromatic carbocycles. The molecule has 0 fully saturated rings. The Hall–Kier alpha value is -4.01. The lowest BCUT2D eigenvalue weighted by atomic mass is 10.1.